The van der Waals surface area contributed by atoms with Crippen molar-refractivity contribution < 1.29 is 4.42 Å². The molecule has 0 saturated heterocycles. The second kappa shape index (κ2) is 4.22. The molecular formula is C7H5IN4OS. The Kier molecular flexibility index (Phi) is 2.96. The lowest BCUT2D eigenvalue weighted by molar-refractivity contribution is 0.429. The quantitative estimate of drug-likeness (QED) is 0.622. The van der Waals surface area contributed by atoms with Gasteiger partial charge in [0.1, 0.15) is 11.4 Å². The number of aryl methyl sites for hydroxylation is 1. The molecule has 72 valence electrons. The van der Waals surface area contributed by atoms with Gasteiger partial charge in [0.25, 0.3) is 5.22 Å². The molecule has 0 unspecified atom stereocenters. The Hall–Kier alpha value is -0.700. The van der Waals surface area contributed by atoms with Crippen LogP contribution in [0.5, 0.6) is 0 Å². The molecule has 2 aromatic rings. The van der Waals surface area contributed by atoms with Crippen molar-refractivity contribution in [1.82, 2.24) is 20.2 Å². The van der Waals surface area contributed by atoms with Crippen LogP contribution in [0, 0.1) is 10.5 Å². The summed E-state index contributed by atoms with van der Waals surface area (Å²) in [4.78, 5) is 7.99. The molecule has 2 rings (SSSR count). The van der Waals surface area contributed by atoms with Crippen LogP contribution < -0.4 is 0 Å². The highest BCUT2D eigenvalue weighted by atomic mass is 127. The average Bonchev–Trinajstić information content (AvgIpc) is 2.56. The van der Waals surface area contributed by atoms with Crippen LogP contribution >= 0.6 is 34.4 Å². The Labute approximate surface area is 97.9 Å². The van der Waals surface area contributed by atoms with Crippen molar-refractivity contribution in [2.45, 2.75) is 17.2 Å². The molecule has 0 N–H and O–H groups in total. The summed E-state index contributed by atoms with van der Waals surface area (Å²) in [5, 5.41) is 8.92. The fraction of sp³-hybridized carbons (Fsp3) is 0.143. The van der Waals surface area contributed by atoms with Crippen LogP contribution in [0.1, 0.15) is 5.89 Å². The van der Waals surface area contributed by atoms with E-state index in [9.17, 15) is 0 Å². The first-order valence-electron chi connectivity index (χ1n) is 3.69. The molecule has 0 saturated carbocycles. The predicted molar refractivity (Wildman–Crippen MR) is 57.9 cm³/mol. The molecule has 0 amide bonds. The fourth-order valence-electron chi connectivity index (χ4n) is 0.779. The monoisotopic (exact) mass is 320 g/mol. The summed E-state index contributed by atoms with van der Waals surface area (Å²) in [7, 11) is 0. The van der Waals surface area contributed by atoms with E-state index in [2.05, 4.69) is 42.8 Å². The minimum atomic E-state index is 0.499. The van der Waals surface area contributed by atoms with Gasteiger partial charge in [-0.25, -0.2) is 9.97 Å². The molecule has 0 aliphatic heterocycles. The summed E-state index contributed by atoms with van der Waals surface area (Å²) in [6, 6.07) is 0. The summed E-state index contributed by atoms with van der Waals surface area (Å²) in [6.07, 6.45) is 3.23. The van der Waals surface area contributed by atoms with Crippen molar-refractivity contribution in [3.05, 3.63) is 22.0 Å². The Morgan fingerprint density at radius 1 is 1.43 bits per heavy atom. The summed E-state index contributed by atoms with van der Waals surface area (Å²) >= 11 is 3.49. The molecule has 2 heterocycles. The van der Waals surface area contributed by atoms with Gasteiger partial charge in [-0.3, -0.25) is 0 Å². The SMILES string of the molecule is Cc1nnc(Sc2ncncc2I)o1. The third-order valence-electron chi connectivity index (χ3n) is 1.33. The summed E-state index contributed by atoms with van der Waals surface area (Å²) in [5.41, 5.74) is 0. The molecular weight excluding hydrogens is 315 g/mol. The minimum absolute atomic E-state index is 0.499. The molecule has 0 radical (unpaired) electrons. The summed E-state index contributed by atoms with van der Waals surface area (Å²) in [6.45, 7) is 1.75. The zero-order valence-corrected chi connectivity index (χ0v) is 10.1. The van der Waals surface area contributed by atoms with Gasteiger partial charge < -0.3 is 4.42 Å². The van der Waals surface area contributed by atoms with Crippen molar-refractivity contribution in [2.75, 3.05) is 0 Å². The van der Waals surface area contributed by atoms with Gasteiger partial charge in [-0.15, -0.1) is 10.2 Å². The Bertz CT molecular complexity index is 447. The highest BCUT2D eigenvalue weighted by Crippen LogP contribution is 2.27. The standard InChI is InChI=1S/C7H5IN4OS/c1-4-11-12-7(13-4)14-6-5(8)2-9-3-10-6/h2-3H,1H3. The molecule has 0 spiro atoms. The molecule has 0 aliphatic carbocycles. The van der Waals surface area contributed by atoms with Gasteiger partial charge in [0.15, 0.2) is 0 Å². The highest BCUT2D eigenvalue weighted by Gasteiger charge is 2.08. The first-order chi connectivity index (χ1) is 6.75. The Balaban J connectivity index is 2.23. The maximum Gasteiger partial charge on any atom is 0.282 e. The van der Waals surface area contributed by atoms with E-state index in [1.165, 1.54) is 18.1 Å². The average molecular weight is 320 g/mol. The normalized spacial score (nSPS) is 10.4. The van der Waals surface area contributed by atoms with Gasteiger partial charge in [-0.05, 0) is 34.4 Å². The molecule has 0 fully saturated rings. The van der Waals surface area contributed by atoms with Crippen LogP contribution in [-0.2, 0) is 0 Å². The number of halogens is 1. The predicted octanol–water partition coefficient (Wildman–Crippen LogP) is 1.92. The van der Waals surface area contributed by atoms with Crippen molar-refractivity contribution in [2.24, 2.45) is 0 Å². The Morgan fingerprint density at radius 2 is 2.29 bits per heavy atom. The second-order valence-corrected chi connectivity index (χ2v) is 4.47. The van der Waals surface area contributed by atoms with E-state index in [4.69, 9.17) is 4.42 Å². The molecule has 0 bridgehead atoms. The van der Waals surface area contributed by atoms with Gasteiger partial charge in [0.2, 0.25) is 5.89 Å². The third-order valence-corrected chi connectivity index (χ3v) is 3.34. The van der Waals surface area contributed by atoms with Crippen molar-refractivity contribution in [1.29, 1.82) is 0 Å². The lowest BCUT2D eigenvalue weighted by Crippen LogP contribution is -1.86. The maximum atomic E-state index is 5.22. The van der Waals surface area contributed by atoms with E-state index in [1.807, 2.05) is 0 Å². The van der Waals surface area contributed by atoms with Gasteiger partial charge in [0.05, 0.1) is 3.57 Å². The first-order valence-corrected chi connectivity index (χ1v) is 5.58. The van der Waals surface area contributed by atoms with Crippen molar-refractivity contribution >= 4 is 34.4 Å². The molecule has 2 aromatic heterocycles. The summed E-state index contributed by atoms with van der Waals surface area (Å²) < 4.78 is 6.18. The lowest BCUT2D eigenvalue weighted by atomic mass is 10.7. The van der Waals surface area contributed by atoms with Gasteiger partial charge in [0, 0.05) is 13.1 Å². The van der Waals surface area contributed by atoms with Crippen LogP contribution in [0.15, 0.2) is 27.2 Å². The van der Waals surface area contributed by atoms with E-state index in [-0.39, 0.29) is 0 Å². The number of hydrogen-bond acceptors (Lipinski definition) is 6. The highest BCUT2D eigenvalue weighted by molar-refractivity contribution is 14.1. The van der Waals surface area contributed by atoms with Crippen LogP contribution in [0.25, 0.3) is 0 Å². The number of nitrogens with zero attached hydrogens (tertiary/aromatic N) is 4. The number of rotatable bonds is 2. The van der Waals surface area contributed by atoms with Crippen LogP contribution in [0.2, 0.25) is 0 Å². The van der Waals surface area contributed by atoms with E-state index >= 15 is 0 Å². The minimum Gasteiger partial charge on any atom is -0.416 e. The molecule has 0 aliphatic rings. The van der Waals surface area contributed by atoms with Gasteiger partial charge in [-0.2, -0.15) is 0 Å². The fourth-order valence-corrected chi connectivity index (χ4v) is 2.07. The van der Waals surface area contributed by atoms with Crippen LogP contribution in [0.3, 0.4) is 0 Å². The molecule has 0 aromatic carbocycles. The first kappa shape index (κ1) is 9.84. The van der Waals surface area contributed by atoms with E-state index in [0.29, 0.717) is 11.1 Å². The van der Waals surface area contributed by atoms with Crippen LogP contribution in [0.4, 0.5) is 0 Å². The zero-order valence-electron chi connectivity index (χ0n) is 7.14. The van der Waals surface area contributed by atoms with Gasteiger partial charge >= 0.3 is 0 Å². The summed E-state index contributed by atoms with van der Waals surface area (Å²) in [5.74, 6) is 0.552. The topological polar surface area (TPSA) is 64.7 Å². The molecule has 0 atom stereocenters. The molecule has 14 heavy (non-hydrogen) atoms. The zero-order chi connectivity index (χ0) is 9.97. The largest absolute Gasteiger partial charge is 0.416 e. The van der Waals surface area contributed by atoms with Gasteiger partial charge in [-0.1, -0.05) is 0 Å². The maximum absolute atomic E-state index is 5.22. The van der Waals surface area contributed by atoms with Crippen molar-refractivity contribution in [3.63, 3.8) is 0 Å². The van der Waals surface area contributed by atoms with Crippen LogP contribution in [-0.4, -0.2) is 20.2 Å². The molecule has 7 heteroatoms. The Morgan fingerprint density at radius 3 is 2.93 bits per heavy atom. The van der Waals surface area contributed by atoms with E-state index < -0.39 is 0 Å². The molecule has 5 nitrogen and oxygen atoms in total. The number of hydrogen-bond donors (Lipinski definition) is 0. The van der Waals surface area contributed by atoms with E-state index in [0.717, 1.165) is 8.60 Å². The smallest absolute Gasteiger partial charge is 0.282 e. The number of aromatic nitrogens is 4. The van der Waals surface area contributed by atoms with Crippen molar-refractivity contribution in [3.8, 4) is 0 Å². The third kappa shape index (κ3) is 2.21. The van der Waals surface area contributed by atoms with E-state index in [1.54, 1.807) is 13.1 Å². The second-order valence-electron chi connectivity index (χ2n) is 2.36. The lowest BCUT2D eigenvalue weighted by Gasteiger charge is -1.96.